The summed E-state index contributed by atoms with van der Waals surface area (Å²) >= 11 is 0. The molecule has 1 fully saturated rings. The maximum Gasteiger partial charge on any atom is 0.143 e. The van der Waals surface area contributed by atoms with Crippen molar-refractivity contribution in [2.45, 2.75) is 144 Å². The molecule has 210 valence electrons. The second-order valence-electron chi connectivity index (χ2n) is 13.0. The molecular weight excluding hydrogens is 456 g/mol. The second kappa shape index (κ2) is 15.8. The van der Waals surface area contributed by atoms with Gasteiger partial charge in [-0.05, 0) is 74.7 Å². The average molecular weight is 513 g/mol. The van der Waals surface area contributed by atoms with Crippen LogP contribution in [0.25, 0.3) is 0 Å². The van der Waals surface area contributed by atoms with E-state index in [2.05, 4.69) is 46.8 Å². The fourth-order valence-electron chi connectivity index (χ4n) is 7.32. The van der Waals surface area contributed by atoms with E-state index < -0.39 is 0 Å². The molecule has 3 nitrogen and oxygen atoms in total. The molecule has 2 aliphatic rings. The number of Topliss-reactive ketones (excluding diaryl/α,β-unsaturated/α-hetero) is 3. The average Bonchev–Trinajstić information content (AvgIpc) is 3.31. The third-order valence-corrected chi connectivity index (χ3v) is 9.22. The molecule has 0 aromatic carbocycles. The van der Waals surface area contributed by atoms with E-state index in [0.717, 1.165) is 44.4 Å². The molecule has 0 aromatic heterocycles. The van der Waals surface area contributed by atoms with Gasteiger partial charge in [0.1, 0.15) is 17.3 Å². The van der Waals surface area contributed by atoms with E-state index in [4.69, 9.17) is 0 Å². The lowest BCUT2D eigenvalue weighted by Crippen LogP contribution is -2.27. The zero-order valence-corrected chi connectivity index (χ0v) is 25.0. The van der Waals surface area contributed by atoms with Gasteiger partial charge in [-0.25, -0.2) is 0 Å². The molecule has 2 aliphatic carbocycles. The van der Waals surface area contributed by atoms with Crippen LogP contribution in [0.1, 0.15) is 144 Å². The molecule has 0 spiro atoms. The number of allylic oxidation sites excluding steroid dienone is 4. The number of hydrogen-bond donors (Lipinski definition) is 0. The first kappa shape index (κ1) is 31.7. The molecule has 0 aromatic rings. The van der Waals surface area contributed by atoms with Gasteiger partial charge in [0, 0.05) is 18.8 Å². The van der Waals surface area contributed by atoms with Crippen LogP contribution in [0, 0.1) is 29.1 Å². The van der Waals surface area contributed by atoms with Crippen molar-refractivity contribution in [3.8, 4) is 0 Å². The van der Waals surface area contributed by atoms with Crippen molar-refractivity contribution in [2.75, 3.05) is 0 Å². The Kier molecular flexibility index (Phi) is 13.5. The highest BCUT2D eigenvalue weighted by Gasteiger charge is 2.30. The fraction of sp³-hybridized carbons (Fsp3) is 0.794. The Morgan fingerprint density at radius 3 is 2.41 bits per heavy atom. The van der Waals surface area contributed by atoms with E-state index in [1.54, 1.807) is 0 Å². The van der Waals surface area contributed by atoms with Crippen LogP contribution in [0.5, 0.6) is 0 Å². The standard InChI is InChI=1S/C34H56O3/c1-7-14-29(31(8-2)33(37)22-26(4)35)23-28-17-11-12-19-32(25(3)21-30(36)24-28)34(5,6)20-13-18-27-15-9-10-16-27/h12,19,27-29,31H,7-11,13-18,20-24H2,1-6H3/b19-12-,32-25+. The molecule has 0 saturated heterocycles. The normalized spacial score (nSPS) is 24.6. The van der Waals surface area contributed by atoms with Crippen molar-refractivity contribution in [2.24, 2.45) is 29.1 Å². The molecule has 37 heavy (non-hydrogen) atoms. The van der Waals surface area contributed by atoms with Crippen LogP contribution < -0.4 is 0 Å². The van der Waals surface area contributed by atoms with E-state index in [-0.39, 0.29) is 35.2 Å². The number of rotatable bonds is 14. The fourth-order valence-corrected chi connectivity index (χ4v) is 7.32. The van der Waals surface area contributed by atoms with Gasteiger partial charge in [0.25, 0.3) is 0 Å². The molecule has 3 heteroatoms. The monoisotopic (exact) mass is 512 g/mol. The van der Waals surface area contributed by atoms with Crippen LogP contribution in [0.2, 0.25) is 0 Å². The molecule has 0 amide bonds. The van der Waals surface area contributed by atoms with E-state index in [9.17, 15) is 14.4 Å². The van der Waals surface area contributed by atoms with Crippen LogP contribution in [0.3, 0.4) is 0 Å². The third-order valence-electron chi connectivity index (χ3n) is 9.22. The molecule has 0 aliphatic heterocycles. The van der Waals surface area contributed by atoms with Crippen LogP contribution in [-0.4, -0.2) is 17.3 Å². The van der Waals surface area contributed by atoms with Crippen molar-refractivity contribution in [1.82, 2.24) is 0 Å². The first-order valence-corrected chi connectivity index (χ1v) is 15.5. The highest BCUT2D eigenvalue weighted by molar-refractivity contribution is 5.99. The summed E-state index contributed by atoms with van der Waals surface area (Å²) in [4.78, 5) is 37.7. The van der Waals surface area contributed by atoms with Crippen LogP contribution in [-0.2, 0) is 14.4 Å². The smallest absolute Gasteiger partial charge is 0.143 e. The van der Waals surface area contributed by atoms with Crippen molar-refractivity contribution in [1.29, 1.82) is 0 Å². The summed E-state index contributed by atoms with van der Waals surface area (Å²) in [5.41, 5.74) is 2.70. The minimum Gasteiger partial charge on any atom is -0.300 e. The maximum absolute atomic E-state index is 13.3. The van der Waals surface area contributed by atoms with Gasteiger partial charge in [0.05, 0.1) is 6.42 Å². The lowest BCUT2D eigenvalue weighted by atomic mass is 9.73. The minimum absolute atomic E-state index is 0.0442. The zero-order valence-electron chi connectivity index (χ0n) is 25.0. The molecule has 0 bridgehead atoms. The first-order valence-electron chi connectivity index (χ1n) is 15.5. The number of ketones is 3. The maximum atomic E-state index is 13.3. The predicted molar refractivity (Wildman–Crippen MR) is 155 cm³/mol. The minimum atomic E-state index is -0.0665. The van der Waals surface area contributed by atoms with Gasteiger partial charge in [-0.3, -0.25) is 14.4 Å². The quantitative estimate of drug-likeness (QED) is 0.218. The molecule has 0 N–H and O–H groups in total. The lowest BCUT2D eigenvalue weighted by Gasteiger charge is -2.31. The number of hydrogen-bond acceptors (Lipinski definition) is 3. The van der Waals surface area contributed by atoms with Crippen molar-refractivity contribution < 1.29 is 14.4 Å². The van der Waals surface area contributed by atoms with Crippen molar-refractivity contribution in [3.63, 3.8) is 0 Å². The molecule has 0 heterocycles. The van der Waals surface area contributed by atoms with Gasteiger partial charge in [-0.1, -0.05) is 96.8 Å². The molecule has 0 radical (unpaired) electrons. The van der Waals surface area contributed by atoms with E-state index in [0.29, 0.717) is 24.5 Å². The Morgan fingerprint density at radius 1 is 1.08 bits per heavy atom. The lowest BCUT2D eigenvalue weighted by molar-refractivity contribution is -0.129. The Morgan fingerprint density at radius 2 is 1.78 bits per heavy atom. The highest BCUT2D eigenvalue weighted by Crippen LogP contribution is 2.39. The van der Waals surface area contributed by atoms with Crippen LogP contribution >= 0.6 is 0 Å². The van der Waals surface area contributed by atoms with Gasteiger partial charge in [-0.15, -0.1) is 0 Å². The summed E-state index contributed by atoms with van der Waals surface area (Å²) in [6.07, 6.45) is 21.0. The van der Waals surface area contributed by atoms with Gasteiger partial charge in [-0.2, -0.15) is 0 Å². The summed E-state index contributed by atoms with van der Waals surface area (Å²) in [6.45, 7) is 12.6. The first-order chi connectivity index (χ1) is 17.6. The summed E-state index contributed by atoms with van der Waals surface area (Å²) < 4.78 is 0. The van der Waals surface area contributed by atoms with E-state index >= 15 is 0 Å². The summed E-state index contributed by atoms with van der Waals surface area (Å²) in [6, 6.07) is 0. The summed E-state index contributed by atoms with van der Waals surface area (Å²) in [5, 5.41) is 0. The molecule has 3 unspecified atom stereocenters. The Bertz CT molecular complexity index is 809. The predicted octanol–water partition coefficient (Wildman–Crippen LogP) is 9.39. The van der Waals surface area contributed by atoms with Crippen molar-refractivity contribution in [3.05, 3.63) is 23.3 Å². The Labute approximate surface area is 228 Å². The second-order valence-corrected chi connectivity index (χ2v) is 13.0. The van der Waals surface area contributed by atoms with Gasteiger partial charge < -0.3 is 0 Å². The molecular formula is C34H56O3. The molecule has 3 atom stereocenters. The summed E-state index contributed by atoms with van der Waals surface area (Å²) in [5.74, 6) is 1.83. The topological polar surface area (TPSA) is 51.2 Å². The highest BCUT2D eigenvalue weighted by atomic mass is 16.1. The summed E-state index contributed by atoms with van der Waals surface area (Å²) in [7, 11) is 0. The van der Waals surface area contributed by atoms with Gasteiger partial charge in [0.2, 0.25) is 0 Å². The van der Waals surface area contributed by atoms with E-state index in [1.807, 2.05) is 0 Å². The van der Waals surface area contributed by atoms with Gasteiger partial charge in [0.15, 0.2) is 0 Å². The molecule has 1 saturated carbocycles. The van der Waals surface area contributed by atoms with E-state index in [1.165, 1.54) is 63.0 Å². The number of carbonyl (C=O) groups is 3. The van der Waals surface area contributed by atoms with Crippen LogP contribution in [0.15, 0.2) is 23.3 Å². The van der Waals surface area contributed by atoms with Crippen molar-refractivity contribution >= 4 is 17.3 Å². The third kappa shape index (κ3) is 10.6. The Balaban J connectivity index is 2.07. The van der Waals surface area contributed by atoms with Gasteiger partial charge >= 0.3 is 0 Å². The largest absolute Gasteiger partial charge is 0.300 e. The SMILES string of the molecule is CCCC(CC1CC/C=C\C(C(C)(C)CCCC2CCCC2)=C(\C)CC(=O)C1)C(CC)C(=O)CC(C)=O. The Hall–Kier alpha value is -1.51. The zero-order chi connectivity index (χ0) is 27.4. The van der Waals surface area contributed by atoms with Crippen LogP contribution in [0.4, 0.5) is 0 Å². The molecule has 2 rings (SSSR count). The number of carbonyl (C=O) groups excluding carboxylic acids is 3.